The lowest BCUT2D eigenvalue weighted by Crippen LogP contribution is -2.14. The lowest BCUT2D eigenvalue weighted by atomic mass is 10.0. The first-order chi connectivity index (χ1) is 9.72. The number of nitrogens with one attached hydrogen (secondary N) is 2. The maximum atomic E-state index is 10.2. The molecule has 3 nitrogen and oxygen atoms in total. The average Bonchev–Trinajstić information content (AvgIpc) is 2.82. The summed E-state index contributed by atoms with van der Waals surface area (Å²) in [5.41, 5.74) is 2.25. The zero-order valence-corrected chi connectivity index (χ0v) is 13.6. The second-order valence-electron chi connectivity index (χ2n) is 4.98. The molecule has 1 atom stereocenters. The van der Waals surface area contributed by atoms with Crippen LogP contribution in [-0.4, -0.2) is 25.3 Å². The fraction of sp³-hybridized carbons (Fsp3) is 0.562. The van der Waals surface area contributed by atoms with Crippen LogP contribution < -0.4 is 10.6 Å². The Bertz CT molecular complexity index is 405. The van der Waals surface area contributed by atoms with Crippen molar-refractivity contribution in [2.75, 3.05) is 24.2 Å². The second-order valence-corrected chi connectivity index (χ2v) is 6.04. The lowest BCUT2D eigenvalue weighted by Gasteiger charge is -2.05. The predicted octanol–water partition coefficient (Wildman–Crippen LogP) is 3.86. The Morgan fingerprint density at radius 3 is 2.60 bits per heavy atom. The van der Waals surface area contributed by atoms with Crippen molar-refractivity contribution in [1.29, 1.82) is 0 Å². The Balaban J connectivity index is 0.000000246. The minimum atomic E-state index is 0.605. The van der Waals surface area contributed by atoms with Gasteiger partial charge in [-0.1, -0.05) is 20.8 Å². The summed E-state index contributed by atoms with van der Waals surface area (Å²) in [6.07, 6.45) is 3.22. The van der Waals surface area contributed by atoms with Gasteiger partial charge in [-0.25, -0.2) is 0 Å². The van der Waals surface area contributed by atoms with Crippen molar-refractivity contribution in [3.63, 3.8) is 0 Å². The van der Waals surface area contributed by atoms with Crippen LogP contribution in [0.3, 0.4) is 0 Å². The van der Waals surface area contributed by atoms with Gasteiger partial charge in [-0.05, 0) is 55.6 Å². The first-order valence-corrected chi connectivity index (χ1v) is 8.39. The zero-order valence-electron chi connectivity index (χ0n) is 12.7. The van der Waals surface area contributed by atoms with Crippen LogP contribution in [0.5, 0.6) is 0 Å². The van der Waals surface area contributed by atoms with Gasteiger partial charge < -0.3 is 10.6 Å². The quantitative estimate of drug-likeness (QED) is 0.618. The highest BCUT2D eigenvalue weighted by Crippen LogP contribution is 2.40. The molecule has 0 aromatic heterocycles. The van der Waals surface area contributed by atoms with E-state index in [1.165, 1.54) is 36.4 Å². The summed E-state index contributed by atoms with van der Waals surface area (Å²) in [5.74, 6) is 1.76. The molecule has 1 amide bonds. The topological polar surface area (TPSA) is 41.1 Å². The minimum absolute atomic E-state index is 0.605. The molecule has 0 fully saturated rings. The van der Waals surface area contributed by atoms with Gasteiger partial charge in [0.05, 0.1) is 0 Å². The standard InChI is InChI=1S/C10H11NOS.C6H15N/c1-7-5-13-10-3-2-8(11-6-12)4-9(7)10;1-3-5-7-6-4-2/h2-4,6-7H,5H2,1H3,(H,11,12);7H,3-6H2,1-2H3. The van der Waals surface area contributed by atoms with E-state index in [0.29, 0.717) is 12.3 Å². The van der Waals surface area contributed by atoms with Gasteiger partial charge in [0.15, 0.2) is 0 Å². The molecular formula is C16H26N2OS. The SMILES string of the molecule is CC1CSc2ccc(NC=O)cc21.CCCNCCC. The molecule has 1 unspecified atom stereocenters. The lowest BCUT2D eigenvalue weighted by molar-refractivity contribution is -0.105. The molecule has 1 aromatic carbocycles. The molecule has 20 heavy (non-hydrogen) atoms. The molecule has 1 aromatic rings. The Morgan fingerprint density at radius 2 is 2.00 bits per heavy atom. The smallest absolute Gasteiger partial charge is 0.211 e. The van der Waals surface area contributed by atoms with Crippen molar-refractivity contribution in [3.8, 4) is 0 Å². The zero-order chi connectivity index (χ0) is 14.8. The molecule has 0 saturated carbocycles. The van der Waals surface area contributed by atoms with Gasteiger partial charge in [-0.2, -0.15) is 0 Å². The number of thioether (sulfide) groups is 1. The van der Waals surface area contributed by atoms with Gasteiger partial charge in [0.1, 0.15) is 0 Å². The molecule has 0 spiro atoms. The second kappa shape index (κ2) is 9.83. The van der Waals surface area contributed by atoms with E-state index in [1.807, 2.05) is 17.8 Å². The van der Waals surface area contributed by atoms with E-state index in [-0.39, 0.29) is 0 Å². The Kier molecular flexibility index (Phi) is 8.38. The average molecular weight is 294 g/mol. The summed E-state index contributed by atoms with van der Waals surface area (Å²) in [4.78, 5) is 11.6. The number of benzene rings is 1. The van der Waals surface area contributed by atoms with E-state index in [1.54, 1.807) is 0 Å². The predicted molar refractivity (Wildman–Crippen MR) is 88.7 cm³/mol. The summed E-state index contributed by atoms with van der Waals surface area (Å²) in [5, 5.41) is 5.95. The van der Waals surface area contributed by atoms with E-state index in [4.69, 9.17) is 0 Å². The monoisotopic (exact) mass is 294 g/mol. The summed E-state index contributed by atoms with van der Waals surface area (Å²) >= 11 is 1.89. The number of hydrogen-bond donors (Lipinski definition) is 2. The number of hydrogen-bond acceptors (Lipinski definition) is 3. The summed E-state index contributed by atoms with van der Waals surface area (Å²) in [7, 11) is 0. The van der Waals surface area contributed by atoms with Crippen molar-refractivity contribution in [3.05, 3.63) is 23.8 Å². The highest BCUT2D eigenvalue weighted by Gasteiger charge is 2.18. The van der Waals surface area contributed by atoms with Crippen LogP contribution in [0.4, 0.5) is 5.69 Å². The van der Waals surface area contributed by atoms with Crippen LogP contribution in [-0.2, 0) is 4.79 Å². The van der Waals surface area contributed by atoms with Crippen LogP contribution in [0.2, 0.25) is 0 Å². The van der Waals surface area contributed by atoms with Crippen molar-refractivity contribution in [2.45, 2.75) is 44.4 Å². The van der Waals surface area contributed by atoms with Gasteiger partial charge in [0.2, 0.25) is 6.41 Å². The number of rotatable bonds is 6. The molecule has 1 aliphatic heterocycles. The molecule has 1 aliphatic rings. The number of carbonyl (C=O) groups excluding carboxylic acids is 1. The van der Waals surface area contributed by atoms with Gasteiger partial charge in [0.25, 0.3) is 0 Å². The molecule has 0 saturated heterocycles. The fourth-order valence-electron chi connectivity index (χ4n) is 2.01. The van der Waals surface area contributed by atoms with Gasteiger partial charge in [0, 0.05) is 16.3 Å². The van der Waals surface area contributed by atoms with Crippen molar-refractivity contribution in [1.82, 2.24) is 5.32 Å². The van der Waals surface area contributed by atoms with Crippen LogP contribution in [0.15, 0.2) is 23.1 Å². The molecule has 0 aliphatic carbocycles. The summed E-state index contributed by atoms with van der Waals surface area (Å²) in [6, 6.07) is 6.09. The van der Waals surface area contributed by atoms with Crippen molar-refractivity contribution >= 4 is 23.9 Å². The summed E-state index contributed by atoms with van der Waals surface area (Å²) < 4.78 is 0. The summed E-state index contributed by atoms with van der Waals surface area (Å²) in [6.45, 7) is 8.93. The number of carbonyl (C=O) groups is 1. The molecule has 1 heterocycles. The van der Waals surface area contributed by atoms with E-state index >= 15 is 0 Å². The maximum absolute atomic E-state index is 10.2. The highest BCUT2D eigenvalue weighted by atomic mass is 32.2. The van der Waals surface area contributed by atoms with Crippen LogP contribution in [0, 0.1) is 0 Å². The van der Waals surface area contributed by atoms with Gasteiger partial charge >= 0.3 is 0 Å². The van der Waals surface area contributed by atoms with Crippen LogP contribution >= 0.6 is 11.8 Å². The van der Waals surface area contributed by atoms with Crippen molar-refractivity contribution in [2.24, 2.45) is 0 Å². The number of anilines is 1. The van der Waals surface area contributed by atoms with E-state index in [0.717, 1.165) is 11.4 Å². The third kappa shape index (κ3) is 5.55. The highest BCUT2D eigenvalue weighted by molar-refractivity contribution is 7.99. The molecule has 0 radical (unpaired) electrons. The Hall–Kier alpha value is -1.00. The van der Waals surface area contributed by atoms with E-state index in [2.05, 4.69) is 43.5 Å². The van der Waals surface area contributed by atoms with Crippen LogP contribution in [0.25, 0.3) is 0 Å². The number of fused-ring (bicyclic) bond motifs is 1. The Morgan fingerprint density at radius 1 is 1.30 bits per heavy atom. The first kappa shape index (κ1) is 17.1. The molecule has 4 heteroatoms. The third-order valence-corrected chi connectivity index (χ3v) is 4.46. The third-order valence-electron chi connectivity index (χ3n) is 3.11. The first-order valence-electron chi connectivity index (χ1n) is 7.40. The van der Waals surface area contributed by atoms with Gasteiger partial charge in [-0.15, -0.1) is 11.8 Å². The van der Waals surface area contributed by atoms with Crippen LogP contribution in [0.1, 0.15) is 45.1 Å². The largest absolute Gasteiger partial charge is 0.329 e. The number of amides is 1. The molecule has 2 rings (SSSR count). The van der Waals surface area contributed by atoms with E-state index in [9.17, 15) is 4.79 Å². The molecule has 112 valence electrons. The fourth-order valence-corrected chi connectivity index (χ4v) is 3.21. The van der Waals surface area contributed by atoms with E-state index < -0.39 is 0 Å². The Labute approximate surface area is 126 Å². The molecule has 0 bridgehead atoms. The van der Waals surface area contributed by atoms with Crippen molar-refractivity contribution < 1.29 is 4.79 Å². The molecular weight excluding hydrogens is 268 g/mol. The van der Waals surface area contributed by atoms with Gasteiger partial charge in [-0.3, -0.25) is 4.79 Å². The minimum Gasteiger partial charge on any atom is -0.329 e. The molecule has 2 N–H and O–H groups in total. The maximum Gasteiger partial charge on any atom is 0.211 e. The normalized spacial score (nSPS) is 16.1.